The molecule has 1 heterocycles. The summed E-state index contributed by atoms with van der Waals surface area (Å²) in [4.78, 5) is 51.2. The van der Waals surface area contributed by atoms with E-state index in [1.165, 1.54) is 48.5 Å². The molecule has 0 bridgehead atoms. The van der Waals surface area contributed by atoms with Crippen molar-refractivity contribution >= 4 is 52.4 Å². The fourth-order valence-electron chi connectivity index (χ4n) is 3.47. The molecule has 0 saturated carbocycles. The first-order chi connectivity index (χ1) is 17.3. The second kappa shape index (κ2) is 10.3. The average molecular weight is 506 g/mol. The highest BCUT2D eigenvalue weighted by atomic mass is 35.5. The van der Waals surface area contributed by atoms with Crippen molar-refractivity contribution < 1.29 is 29.0 Å². The fraction of sp³-hybridized carbons (Fsp3) is 0.0769. The number of amides is 3. The third kappa shape index (κ3) is 5.06. The number of carbonyl (C=O) groups is 4. The fourth-order valence-corrected chi connectivity index (χ4v) is 3.68. The minimum atomic E-state index is -0.743. The van der Waals surface area contributed by atoms with Gasteiger partial charge in [-0.15, -0.1) is 0 Å². The molecule has 0 aromatic heterocycles. The Labute approximate surface area is 210 Å². The molecule has 3 aromatic rings. The number of imide groups is 1. The molecule has 3 aromatic carbocycles. The molecule has 182 valence electrons. The number of nitrogens with zero attached hydrogens (tertiary/aromatic N) is 1. The number of esters is 1. The van der Waals surface area contributed by atoms with Gasteiger partial charge in [0.1, 0.15) is 16.5 Å². The second-order valence-corrected chi connectivity index (χ2v) is 7.99. The Bertz CT molecular complexity index is 1400. The van der Waals surface area contributed by atoms with Crippen LogP contribution in [0, 0.1) is 0 Å². The van der Waals surface area contributed by atoms with E-state index in [2.05, 4.69) is 10.6 Å². The zero-order valence-corrected chi connectivity index (χ0v) is 19.7. The molecule has 3 N–H and O–H groups in total. The molecular weight excluding hydrogens is 486 g/mol. The highest BCUT2D eigenvalue weighted by molar-refractivity contribution is 6.53. The largest absolute Gasteiger partial charge is 0.508 e. The number of anilines is 3. The lowest BCUT2D eigenvalue weighted by atomic mass is 10.1. The summed E-state index contributed by atoms with van der Waals surface area (Å²) in [6, 6.07) is 18.2. The van der Waals surface area contributed by atoms with Gasteiger partial charge in [0.05, 0.1) is 17.9 Å². The maximum absolute atomic E-state index is 13.0. The van der Waals surface area contributed by atoms with E-state index in [0.29, 0.717) is 16.9 Å². The molecular formula is C26H20ClN3O6. The number of phenolic OH excluding ortho intramolecular Hbond substituents is 1. The summed E-state index contributed by atoms with van der Waals surface area (Å²) in [5.74, 6) is -2.40. The van der Waals surface area contributed by atoms with Gasteiger partial charge in [-0.05, 0) is 61.5 Å². The van der Waals surface area contributed by atoms with Gasteiger partial charge in [0.25, 0.3) is 17.7 Å². The molecule has 36 heavy (non-hydrogen) atoms. The van der Waals surface area contributed by atoms with Crippen LogP contribution in [0.2, 0.25) is 0 Å². The van der Waals surface area contributed by atoms with Crippen molar-refractivity contribution in [2.75, 3.05) is 22.1 Å². The molecule has 0 saturated heterocycles. The summed E-state index contributed by atoms with van der Waals surface area (Å²) in [6.07, 6.45) is 0. The maximum Gasteiger partial charge on any atom is 0.338 e. The van der Waals surface area contributed by atoms with E-state index in [9.17, 15) is 24.3 Å². The Balaban J connectivity index is 1.48. The van der Waals surface area contributed by atoms with Crippen LogP contribution in [0.5, 0.6) is 5.75 Å². The summed E-state index contributed by atoms with van der Waals surface area (Å²) in [7, 11) is 0. The molecule has 0 aliphatic carbocycles. The molecule has 10 heteroatoms. The maximum atomic E-state index is 13.0. The van der Waals surface area contributed by atoms with Crippen LogP contribution in [0.25, 0.3) is 0 Å². The summed E-state index contributed by atoms with van der Waals surface area (Å²) < 4.78 is 4.97. The highest BCUT2D eigenvalue weighted by Crippen LogP contribution is 2.31. The summed E-state index contributed by atoms with van der Waals surface area (Å²) in [5, 5.41) is 14.7. The molecule has 0 atom stereocenters. The van der Waals surface area contributed by atoms with E-state index in [1.54, 1.807) is 31.2 Å². The van der Waals surface area contributed by atoms with Crippen molar-refractivity contribution in [3.63, 3.8) is 0 Å². The van der Waals surface area contributed by atoms with Crippen LogP contribution in [0.4, 0.5) is 17.1 Å². The minimum absolute atomic E-state index is 0.0231. The van der Waals surface area contributed by atoms with Crippen LogP contribution in [-0.2, 0) is 14.3 Å². The van der Waals surface area contributed by atoms with E-state index in [4.69, 9.17) is 16.3 Å². The lowest BCUT2D eigenvalue weighted by molar-refractivity contribution is -0.120. The standard InChI is InChI=1S/C26H20ClN3O6/c1-2-36-26(35)16-5-3-7-19(13-16)30-24(33)21(27)22(25(30)34)28-17-11-9-15(10-12-17)23(32)29-18-6-4-8-20(31)14-18/h3-14,28,31H,2H2,1H3,(H,29,32). The number of rotatable bonds is 7. The van der Waals surface area contributed by atoms with Crippen LogP contribution >= 0.6 is 11.6 Å². The lowest BCUT2D eigenvalue weighted by Crippen LogP contribution is -2.32. The third-order valence-corrected chi connectivity index (χ3v) is 5.51. The Morgan fingerprint density at radius 2 is 1.64 bits per heavy atom. The average Bonchev–Trinajstić information content (AvgIpc) is 3.07. The molecule has 1 aliphatic heterocycles. The molecule has 3 amide bonds. The van der Waals surface area contributed by atoms with E-state index in [0.717, 1.165) is 4.90 Å². The first kappa shape index (κ1) is 24.5. The normalized spacial score (nSPS) is 13.1. The number of halogens is 1. The highest BCUT2D eigenvalue weighted by Gasteiger charge is 2.39. The van der Waals surface area contributed by atoms with E-state index >= 15 is 0 Å². The van der Waals surface area contributed by atoms with Crippen LogP contribution < -0.4 is 15.5 Å². The summed E-state index contributed by atoms with van der Waals surface area (Å²) in [5.41, 5.74) is 1.40. The second-order valence-electron chi connectivity index (χ2n) is 7.61. The summed E-state index contributed by atoms with van der Waals surface area (Å²) >= 11 is 6.18. The Morgan fingerprint density at radius 1 is 0.917 bits per heavy atom. The number of hydrogen-bond acceptors (Lipinski definition) is 7. The molecule has 0 radical (unpaired) electrons. The van der Waals surface area contributed by atoms with Gasteiger partial charge in [-0.25, -0.2) is 9.69 Å². The van der Waals surface area contributed by atoms with Gasteiger partial charge in [-0.1, -0.05) is 23.7 Å². The van der Waals surface area contributed by atoms with Crippen molar-refractivity contribution in [1.82, 2.24) is 0 Å². The number of hydrogen-bond donors (Lipinski definition) is 3. The molecule has 4 rings (SSSR count). The summed E-state index contributed by atoms with van der Waals surface area (Å²) in [6.45, 7) is 1.85. The molecule has 1 aliphatic rings. The van der Waals surface area contributed by atoms with Crippen LogP contribution in [0.3, 0.4) is 0 Å². The van der Waals surface area contributed by atoms with Crippen LogP contribution in [0.1, 0.15) is 27.6 Å². The smallest absolute Gasteiger partial charge is 0.338 e. The van der Waals surface area contributed by atoms with Gasteiger partial charge in [0, 0.05) is 23.0 Å². The topological polar surface area (TPSA) is 125 Å². The Hall–Kier alpha value is -4.63. The van der Waals surface area contributed by atoms with E-state index in [1.807, 2.05) is 0 Å². The predicted octanol–water partition coefficient (Wildman–Crippen LogP) is 4.26. The van der Waals surface area contributed by atoms with E-state index < -0.39 is 23.7 Å². The number of aromatic hydroxyl groups is 1. The third-order valence-electron chi connectivity index (χ3n) is 5.16. The number of nitrogens with one attached hydrogen (secondary N) is 2. The lowest BCUT2D eigenvalue weighted by Gasteiger charge is -2.16. The van der Waals surface area contributed by atoms with Crippen molar-refractivity contribution in [3.8, 4) is 5.75 Å². The van der Waals surface area contributed by atoms with Gasteiger partial charge in [0.15, 0.2) is 0 Å². The van der Waals surface area contributed by atoms with E-state index in [-0.39, 0.29) is 34.3 Å². The van der Waals surface area contributed by atoms with Gasteiger partial charge < -0.3 is 20.5 Å². The number of benzene rings is 3. The van der Waals surface area contributed by atoms with Gasteiger partial charge >= 0.3 is 5.97 Å². The number of phenols is 1. The van der Waals surface area contributed by atoms with Crippen LogP contribution in [-0.4, -0.2) is 35.4 Å². The molecule has 0 fully saturated rings. The Kier molecular flexibility index (Phi) is 7.03. The Morgan fingerprint density at radius 3 is 2.33 bits per heavy atom. The van der Waals surface area contributed by atoms with Crippen molar-refractivity contribution in [3.05, 3.63) is 94.7 Å². The zero-order chi connectivity index (χ0) is 25.8. The molecule has 9 nitrogen and oxygen atoms in total. The number of carbonyl (C=O) groups excluding carboxylic acids is 4. The predicted molar refractivity (Wildman–Crippen MR) is 134 cm³/mol. The van der Waals surface area contributed by atoms with Gasteiger partial charge in [0.2, 0.25) is 0 Å². The van der Waals surface area contributed by atoms with Crippen molar-refractivity contribution in [2.45, 2.75) is 6.92 Å². The van der Waals surface area contributed by atoms with Crippen molar-refractivity contribution in [2.24, 2.45) is 0 Å². The first-order valence-electron chi connectivity index (χ1n) is 10.8. The minimum Gasteiger partial charge on any atom is -0.508 e. The van der Waals surface area contributed by atoms with Crippen molar-refractivity contribution in [1.29, 1.82) is 0 Å². The molecule has 0 unspecified atom stereocenters. The monoisotopic (exact) mass is 505 g/mol. The quantitative estimate of drug-likeness (QED) is 0.323. The van der Waals surface area contributed by atoms with Crippen LogP contribution in [0.15, 0.2) is 83.5 Å². The van der Waals surface area contributed by atoms with Gasteiger partial charge in [-0.3, -0.25) is 14.4 Å². The van der Waals surface area contributed by atoms with Gasteiger partial charge in [-0.2, -0.15) is 0 Å². The first-order valence-corrected chi connectivity index (χ1v) is 11.2. The SMILES string of the molecule is CCOC(=O)c1cccc(N2C(=O)C(Cl)=C(Nc3ccc(C(=O)Nc4cccc(O)c4)cc3)C2=O)c1. The zero-order valence-electron chi connectivity index (χ0n) is 18.9. The number of ether oxygens (including phenoxy) is 1. The molecule has 0 spiro atoms.